The van der Waals surface area contributed by atoms with Crippen LogP contribution in [0.4, 0.5) is 5.69 Å². The fourth-order valence-electron chi connectivity index (χ4n) is 2.93. The van der Waals surface area contributed by atoms with Gasteiger partial charge in [0.25, 0.3) is 0 Å². The molecule has 1 aliphatic rings. The fraction of sp³-hybridized carbons (Fsp3) is 0.562. The van der Waals surface area contributed by atoms with E-state index in [0.717, 1.165) is 19.3 Å². The third kappa shape index (κ3) is 3.82. The van der Waals surface area contributed by atoms with Crippen LogP contribution in [0, 0.1) is 5.92 Å². The monoisotopic (exact) mass is 308 g/mol. The van der Waals surface area contributed by atoms with Gasteiger partial charge in [-0.2, -0.15) is 0 Å². The largest absolute Gasteiger partial charge is 0.493 e. The molecule has 2 atom stereocenters. The zero-order valence-electron chi connectivity index (χ0n) is 13.3. The van der Waals surface area contributed by atoms with Gasteiger partial charge in [0.15, 0.2) is 11.5 Å². The average Bonchev–Trinajstić information content (AvgIpc) is 2.90. The molecule has 1 fully saturated rings. The molecule has 22 heavy (non-hydrogen) atoms. The first kappa shape index (κ1) is 16.4. The number of benzene rings is 1. The lowest BCUT2D eigenvalue weighted by atomic mass is 10.0. The minimum Gasteiger partial charge on any atom is -0.493 e. The number of nitrogens with two attached hydrogens (primary N) is 1. The van der Waals surface area contributed by atoms with E-state index in [2.05, 4.69) is 5.32 Å². The predicted molar refractivity (Wildman–Crippen MR) is 84.7 cm³/mol. The number of nitrogens with one attached hydrogen (secondary N) is 1. The molecular formula is C16H24N2O4. The summed E-state index contributed by atoms with van der Waals surface area (Å²) in [5, 5.41) is 2.89. The number of rotatable bonds is 6. The topological polar surface area (TPSA) is 82.8 Å². The van der Waals surface area contributed by atoms with Crippen LogP contribution in [0.3, 0.4) is 0 Å². The molecule has 6 heteroatoms. The number of methoxy groups -OCH3 is 3. The highest BCUT2D eigenvalue weighted by molar-refractivity contribution is 5.91. The zero-order chi connectivity index (χ0) is 16.1. The van der Waals surface area contributed by atoms with Crippen LogP contribution in [0.15, 0.2) is 12.1 Å². The number of ether oxygens (including phenoxy) is 3. The Bertz CT molecular complexity index is 508. The highest BCUT2D eigenvalue weighted by Gasteiger charge is 2.24. The van der Waals surface area contributed by atoms with Crippen LogP contribution < -0.4 is 25.3 Å². The molecule has 0 radical (unpaired) electrons. The first-order chi connectivity index (χ1) is 10.6. The van der Waals surface area contributed by atoms with Gasteiger partial charge in [-0.05, 0) is 25.2 Å². The van der Waals surface area contributed by atoms with Gasteiger partial charge >= 0.3 is 0 Å². The van der Waals surface area contributed by atoms with E-state index in [1.54, 1.807) is 33.5 Å². The number of carbonyl (C=O) groups is 1. The molecule has 6 nitrogen and oxygen atoms in total. The fourth-order valence-corrected chi connectivity index (χ4v) is 2.93. The second kappa shape index (κ2) is 7.35. The van der Waals surface area contributed by atoms with Crippen molar-refractivity contribution in [3.05, 3.63) is 12.1 Å². The van der Waals surface area contributed by atoms with Gasteiger partial charge in [-0.1, -0.05) is 0 Å². The minimum absolute atomic E-state index is 0.0200. The van der Waals surface area contributed by atoms with Gasteiger partial charge in [0.2, 0.25) is 11.7 Å². The molecule has 122 valence electrons. The van der Waals surface area contributed by atoms with Crippen LogP contribution in [0.5, 0.6) is 17.2 Å². The van der Waals surface area contributed by atoms with Gasteiger partial charge in [-0.3, -0.25) is 4.79 Å². The van der Waals surface area contributed by atoms with Crippen molar-refractivity contribution < 1.29 is 19.0 Å². The maximum atomic E-state index is 12.2. The van der Waals surface area contributed by atoms with E-state index in [0.29, 0.717) is 35.3 Å². The van der Waals surface area contributed by atoms with Crippen molar-refractivity contribution in [2.24, 2.45) is 11.7 Å². The lowest BCUT2D eigenvalue weighted by molar-refractivity contribution is -0.117. The molecule has 0 aromatic heterocycles. The van der Waals surface area contributed by atoms with E-state index in [9.17, 15) is 4.79 Å². The van der Waals surface area contributed by atoms with Gasteiger partial charge in [0.05, 0.1) is 21.3 Å². The van der Waals surface area contributed by atoms with E-state index in [1.807, 2.05) is 0 Å². The van der Waals surface area contributed by atoms with Gasteiger partial charge in [0, 0.05) is 30.3 Å². The van der Waals surface area contributed by atoms with Gasteiger partial charge in [0.1, 0.15) is 0 Å². The van der Waals surface area contributed by atoms with E-state index < -0.39 is 0 Å². The Balaban J connectivity index is 2.07. The summed E-state index contributed by atoms with van der Waals surface area (Å²) >= 11 is 0. The quantitative estimate of drug-likeness (QED) is 0.841. The maximum Gasteiger partial charge on any atom is 0.224 e. The molecule has 0 saturated heterocycles. The molecule has 0 spiro atoms. The molecule has 1 aromatic rings. The molecule has 0 aliphatic heterocycles. The Hall–Kier alpha value is -1.95. The molecule has 1 aromatic carbocycles. The first-order valence-corrected chi connectivity index (χ1v) is 7.42. The summed E-state index contributed by atoms with van der Waals surface area (Å²) in [7, 11) is 4.63. The molecule has 1 aliphatic carbocycles. The molecule has 3 N–H and O–H groups in total. The van der Waals surface area contributed by atoms with E-state index in [1.165, 1.54) is 0 Å². The average molecular weight is 308 g/mol. The summed E-state index contributed by atoms with van der Waals surface area (Å²) in [6.45, 7) is 0. The van der Waals surface area contributed by atoms with Crippen LogP contribution in [0.2, 0.25) is 0 Å². The Morgan fingerprint density at radius 2 is 1.82 bits per heavy atom. The van der Waals surface area contributed by atoms with Gasteiger partial charge < -0.3 is 25.3 Å². The van der Waals surface area contributed by atoms with Crippen LogP contribution in [0.1, 0.15) is 25.7 Å². The predicted octanol–water partition coefficient (Wildman–Crippen LogP) is 2.17. The van der Waals surface area contributed by atoms with Crippen LogP contribution in [-0.4, -0.2) is 33.3 Å². The maximum absolute atomic E-state index is 12.2. The van der Waals surface area contributed by atoms with Gasteiger partial charge in [-0.25, -0.2) is 0 Å². The van der Waals surface area contributed by atoms with E-state index in [-0.39, 0.29) is 11.9 Å². The molecule has 0 bridgehead atoms. The van der Waals surface area contributed by atoms with Crippen molar-refractivity contribution in [3.63, 3.8) is 0 Å². The number of hydrogen-bond donors (Lipinski definition) is 2. The van der Waals surface area contributed by atoms with Crippen molar-refractivity contribution in [3.8, 4) is 17.2 Å². The molecule has 1 saturated carbocycles. The summed E-state index contributed by atoms with van der Waals surface area (Å²) in [6.07, 6.45) is 3.43. The van der Waals surface area contributed by atoms with Crippen molar-refractivity contribution >= 4 is 11.6 Å². The van der Waals surface area contributed by atoms with Gasteiger partial charge in [-0.15, -0.1) is 0 Å². The highest BCUT2D eigenvalue weighted by atomic mass is 16.5. The van der Waals surface area contributed by atoms with Crippen molar-refractivity contribution in [1.82, 2.24) is 0 Å². The highest BCUT2D eigenvalue weighted by Crippen LogP contribution is 2.40. The number of carbonyl (C=O) groups excluding carboxylic acids is 1. The minimum atomic E-state index is -0.0200. The summed E-state index contributed by atoms with van der Waals surface area (Å²) in [5.41, 5.74) is 6.51. The smallest absolute Gasteiger partial charge is 0.224 e. The summed E-state index contributed by atoms with van der Waals surface area (Å²) in [6, 6.07) is 3.68. The number of hydrogen-bond acceptors (Lipinski definition) is 5. The van der Waals surface area contributed by atoms with Crippen molar-refractivity contribution in [2.45, 2.75) is 31.7 Å². The number of amides is 1. The molecular weight excluding hydrogens is 284 g/mol. The van der Waals surface area contributed by atoms with Crippen molar-refractivity contribution in [1.29, 1.82) is 0 Å². The zero-order valence-corrected chi connectivity index (χ0v) is 13.3. The second-order valence-electron chi connectivity index (χ2n) is 5.61. The second-order valence-corrected chi connectivity index (χ2v) is 5.61. The summed E-state index contributed by atoms with van der Waals surface area (Å²) in [4.78, 5) is 12.2. The molecule has 1 amide bonds. The third-order valence-corrected chi connectivity index (χ3v) is 4.00. The van der Waals surface area contributed by atoms with Crippen molar-refractivity contribution in [2.75, 3.05) is 26.6 Å². The Kier molecular flexibility index (Phi) is 5.49. The standard InChI is InChI=1S/C16H24N2O4/c1-20-13-8-12(9-14(21-2)16(13)22-3)18-15(19)7-10-4-5-11(17)6-10/h8-11H,4-7,17H2,1-3H3,(H,18,19). The lowest BCUT2D eigenvalue weighted by Crippen LogP contribution is -2.18. The van der Waals surface area contributed by atoms with Crippen LogP contribution in [0.25, 0.3) is 0 Å². The molecule has 2 unspecified atom stereocenters. The summed E-state index contributed by atoms with van der Waals surface area (Å²) < 4.78 is 15.8. The lowest BCUT2D eigenvalue weighted by Gasteiger charge is -2.15. The first-order valence-electron chi connectivity index (χ1n) is 7.42. The normalized spacial score (nSPS) is 20.5. The molecule has 0 heterocycles. The Morgan fingerprint density at radius 1 is 1.18 bits per heavy atom. The van der Waals surface area contributed by atoms with Crippen LogP contribution >= 0.6 is 0 Å². The van der Waals surface area contributed by atoms with E-state index >= 15 is 0 Å². The number of anilines is 1. The Labute approximate surface area is 130 Å². The summed E-state index contributed by atoms with van der Waals surface area (Å²) in [5.74, 6) is 1.88. The molecule has 2 rings (SSSR count). The van der Waals surface area contributed by atoms with Crippen LogP contribution in [-0.2, 0) is 4.79 Å². The van der Waals surface area contributed by atoms with E-state index in [4.69, 9.17) is 19.9 Å². The Morgan fingerprint density at radius 3 is 2.27 bits per heavy atom. The SMILES string of the molecule is COc1cc(NC(=O)CC2CCC(N)C2)cc(OC)c1OC. The third-order valence-electron chi connectivity index (χ3n) is 4.00.